The Morgan fingerprint density at radius 2 is 0.593 bits per heavy atom. The smallest absolute Gasteiger partial charge is 0.462 e. The monoisotopic (exact) mass is 1270 g/mol. The van der Waals surface area contributed by atoms with E-state index in [1.807, 2.05) is 0 Å². The van der Waals surface area contributed by atoms with Gasteiger partial charge in [-0.2, -0.15) is 0 Å². The highest BCUT2D eigenvalue weighted by Crippen LogP contribution is 2.45. The van der Waals surface area contributed by atoms with Crippen LogP contribution in [0.15, 0.2) is 0 Å². The summed E-state index contributed by atoms with van der Waals surface area (Å²) < 4.78 is 68.0. The van der Waals surface area contributed by atoms with Crippen molar-refractivity contribution in [3.8, 4) is 0 Å². The van der Waals surface area contributed by atoms with Gasteiger partial charge in [0.15, 0.2) is 12.2 Å². The summed E-state index contributed by atoms with van der Waals surface area (Å²) in [5.74, 6) is -0.581. The van der Waals surface area contributed by atoms with E-state index < -0.39 is 97.5 Å². The molecule has 86 heavy (non-hydrogen) atoms. The number of carbonyl (C=O) groups is 4. The summed E-state index contributed by atoms with van der Waals surface area (Å²) in [4.78, 5) is 72.2. The second-order valence-corrected chi connectivity index (χ2v) is 27.8. The quantitative estimate of drug-likeness (QED) is 0.0222. The summed E-state index contributed by atoms with van der Waals surface area (Å²) in [5.41, 5.74) is 0. The molecule has 0 spiro atoms. The van der Waals surface area contributed by atoms with E-state index in [4.69, 9.17) is 37.0 Å². The molecule has 0 aromatic heterocycles. The number of hydrogen-bond donors (Lipinski definition) is 3. The molecule has 0 bridgehead atoms. The Labute approximate surface area is 524 Å². The number of carbonyl (C=O) groups excluding carboxylic acids is 4. The van der Waals surface area contributed by atoms with E-state index >= 15 is 0 Å². The van der Waals surface area contributed by atoms with Crippen LogP contribution in [-0.2, 0) is 65.4 Å². The maximum atomic E-state index is 13.0. The summed E-state index contributed by atoms with van der Waals surface area (Å²) in [6.07, 6.45) is 43.1. The van der Waals surface area contributed by atoms with Crippen molar-refractivity contribution in [2.24, 2.45) is 11.8 Å². The molecule has 3 N–H and O–H groups in total. The van der Waals surface area contributed by atoms with Gasteiger partial charge in [-0.1, -0.05) is 286 Å². The van der Waals surface area contributed by atoms with E-state index in [0.29, 0.717) is 31.6 Å². The Morgan fingerprint density at radius 3 is 0.884 bits per heavy atom. The summed E-state index contributed by atoms with van der Waals surface area (Å²) in [7, 11) is -9.89. The van der Waals surface area contributed by atoms with Crippen molar-refractivity contribution in [3.05, 3.63) is 0 Å². The van der Waals surface area contributed by atoms with E-state index in [0.717, 1.165) is 109 Å². The SMILES string of the molecule is CCCCCCCCCCCCC(=O)O[C@H](COC(=O)CCCCCCCCCC)COP(=O)(O)OC[C@H](O)COP(=O)(O)OC[C@@H](COC(=O)CCCCCCCCCC(C)C)OC(=O)CCCCCCCCCCCCCCCCC(C)CC. The number of esters is 4. The highest BCUT2D eigenvalue weighted by atomic mass is 31.2. The van der Waals surface area contributed by atoms with Crippen LogP contribution in [0.1, 0.15) is 337 Å². The number of rotatable bonds is 66. The van der Waals surface area contributed by atoms with E-state index in [1.165, 1.54) is 141 Å². The molecular weight excluding hydrogens is 1140 g/mol. The molecular formula is C67H130O17P2. The van der Waals surface area contributed by atoms with Crippen LogP contribution < -0.4 is 0 Å². The molecule has 19 heteroatoms. The van der Waals surface area contributed by atoms with Gasteiger partial charge in [0.1, 0.15) is 19.3 Å². The summed E-state index contributed by atoms with van der Waals surface area (Å²) in [6.45, 7) is 9.49. The van der Waals surface area contributed by atoms with Crippen molar-refractivity contribution in [1.29, 1.82) is 0 Å². The average molecular weight is 1270 g/mol. The Balaban J connectivity index is 5.18. The molecule has 0 aliphatic heterocycles. The number of phosphoric ester groups is 2. The molecule has 0 rings (SSSR count). The molecule has 0 heterocycles. The highest BCUT2D eigenvalue weighted by Gasteiger charge is 2.30. The van der Waals surface area contributed by atoms with Gasteiger partial charge in [0.2, 0.25) is 0 Å². The van der Waals surface area contributed by atoms with Gasteiger partial charge in [0.25, 0.3) is 0 Å². The molecule has 0 aliphatic carbocycles. The van der Waals surface area contributed by atoms with Crippen molar-refractivity contribution in [2.75, 3.05) is 39.6 Å². The van der Waals surface area contributed by atoms with Gasteiger partial charge < -0.3 is 33.8 Å². The van der Waals surface area contributed by atoms with Gasteiger partial charge in [0.05, 0.1) is 26.4 Å². The molecule has 0 amide bonds. The summed E-state index contributed by atoms with van der Waals surface area (Å²) in [5, 5.41) is 10.5. The third-order valence-corrected chi connectivity index (χ3v) is 17.7. The Kier molecular flexibility index (Phi) is 58.0. The van der Waals surface area contributed by atoms with Gasteiger partial charge in [-0.25, -0.2) is 9.13 Å². The van der Waals surface area contributed by atoms with Gasteiger partial charge in [-0.3, -0.25) is 37.3 Å². The number of aliphatic hydroxyl groups is 1. The minimum atomic E-state index is -4.95. The minimum absolute atomic E-state index is 0.106. The fraction of sp³-hybridized carbons (Fsp3) is 0.940. The highest BCUT2D eigenvalue weighted by molar-refractivity contribution is 7.47. The van der Waals surface area contributed by atoms with Crippen molar-refractivity contribution >= 4 is 39.5 Å². The zero-order valence-electron chi connectivity index (χ0n) is 55.6. The molecule has 510 valence electrons. The molecule has 17 nitrogen and oxygen atoms in total. The minimum Gasteiger partial charge on any atom is -0.462 e. The maximum Gasteiger partial charge on any atom is 0.472 e. The predicted octanol–water partition coefficient (Wildman–Crippen LogP) is 18.8. The number of aliphatic hydroxyl groups excluding tert-OH is 1. The first kappa shape index (κ1) is 84.1. The lowest BCUT2D eigenvalue weighted by molar-refractivity contribution is -0.161. The molecule has 0 aliphatic rings. The zero-order valence-corrected chi connectivity index (χ0v) is 57.4. The predicted molar refractivity (Wildman–Crippen MR) is 345 cm³/mol. The van der Waals surface area contributed by atoms with Crippen LogP contribution in [0, 0.1) is 11.8 Å². The lowest BCUT2D eigenvalue weighted by Gasteiger charge is -2.21. The number of ether oxygens (including phenoxy) is 4. The summed E-state index contributed by atoms with van der Waals surface area (Å²) in [6, 6.07) is 0. The van der Waals surface area contributed by atoms with Crippen LogP contribution in [0.3, 0.4) is 0 Å². The normalized spacial score (nSPS) is 14.5. The first-order valence-corrected chi connectivity index (χ1v) is 38.0. The largest absolute Gasteiger partial charge is 0.472 e. The Bertz CT molecular complexity index is 1690. The topological polar surface area (TPSA) is 237 Å². The van der Waals surface area contributed by atoms with E-state index in [9.17, 15) is 43.2 Å². The molecule has 0 saturated carbocycles. The number of unbranched alkanes of at least 4 members (excludes halogenated alkanes) is 35. The van der Waals surface area contributed by atoms with Crippen LogP contribution in [-0.4, -0.2) is 96.7 Å². The van der Waals surface area contributed by atoms with Crippen molar-refractivity contribution in [2.45, 2.75) is 355 Å². The van der Waals surface area contributed by atoms with Crippen molar-refractivity contribution in [1.82, 2.24) is 0 Å². The standard InChI is InChI=1S/C67H130O17P2/c1-7-10-12-14-16-18-26-32-39-45-51-66(71)83-62(55-77-64(69)49-43-37-31-17-15-13-11-8-2)57-81-85(73,74)79-53-61(68)54-80-86(75,76)82-58-63(56-78-65(70)50-44-38-34-28-29-35-41-47-59(4)5)84-67(72)52-46-40-33-27-24-22-20-19-21-23-25-30-36-42-48-60(6)9-3/h59-63,68H,7-58H2,1-6H3,(H,73,74)(H,75,76)/t60?,61-,62+,63+/m0/s1. The maximum absolute atomic E-state index is 13.0. The second kappa shape index (κ2) is 59.4. The van der Waals surface area contributed by atoms with Crippen LogP contribution in [0.4, 0.5) is 0 Å². The first-order chi connectivity index (χ1) is 41.4. The van der Waals surface area contributed by atoms with Gasteiger partial charge in [-0.05, 0) is 37.5 Å². The van der Waals surface area contributed by atoms with Crippen LogP contribution in [0.5, 0.6) is 0 Å². The molecule has 0 aromatic rings. The second-order valence-electron chi connectivity index (χ2n) is 24.9. The number of phosphoric acid groups is 2. The fourth-order valence-corrected chi connectivity index (χ4v) is 11.6. The molecule has 0 fully saturated rings. The van der Waals surface area contributed by atoms with Crippen molar-refractivity contribution < 1.29 is 80.2 Å². The average Bonchev–Trinajstić information content (AvgIpc) is 3.66. The third kappa shape index (κ3) is 59.7. The van der Waals surface area contributed by atoms with Crippen LogP contribution in [0.2, 0.25) is 0 Å². The molecule has 0 aromatic carbocycles. The summed E-state index contributed by atoms with van der Waals surface area (Å²) >= 11 is 0. The number of hydrogen-bond acceptors (Lipinski definition) is 15. The van der Waals surface area contributed by atoms with E-state index in [-0.39, 0.29) is 25.7 Å². The zero-order chi connectivity index (χ0) is 63.6. The van der Waals surface area contributed by atoms with E-state index in [2.05, 4.69) is 41.5 Å². The van der Waals surface area contributed by atoms with Gasteiger partial charge >= 0.3 is 39.5 Å². The van der Waals surface area contributed by atoms with Crippen molar-refractivity contribution in [3.63, 3.8) is 0 Å². The molecule has 0 saturated heterocycles. The lowest BCUT2D eigenvalue weighted by Crippen LogP contribution is -2.30. The van der Waals surface area contributed by atoms with Crippen LogP contribution >= 0.6 is 15.6 Å². The molecule has 0 radical (unpaired) electrons. The Morgan fingerprint density at radius 1 is 0.337 bits per heavy atom. The molecule has 6 atom stereocenters. The van der Waals surface area contributed by atoms with Crippen LogP contribution in [0.25, 0.3) is 0 Å². The fourth-order valence-electron chi connectivity index (χ4n) is 10.0. The Hall–Kier alpha value is -1.94. The first-order valence-electron chi connectivity index (χ1n) is 35.0. The molecule has 3 unspecified atom stereocenters. The third-order valence-electron chi connectivity index (χ3n) is 15.8. The van der Waals surface area contributed by atoms with Gasteiger partial charge in [0, 0.05) is 25.7 Å². The van der Waals surface area contributed by atoms with Gasteiger partial charge in [-0.15, -0.1) is 0 Å². The van der Waals surface area contributed by atoms with E-state index in [1.54, 1.807) is 0 Å². The lowest BCUT2D eigenvalue weighted by atomic mass is 9.99.